The molecule has 1 heterocycles. The van der Waals surface area contributed by atoms with Crippen molar-refractivity contribution in [1.29, 1.82) is 0 Å². The Labute approximate surface area is 148 Å². The zero-order valence-electron chi connectivity index (χ0n) is 13.4. The van der Waals surface area contributed by atoms with E-state index in [0.29, 0.717) is 5.69 Å². The second kappa shape index (κ2) is 7.40. The molecule has 1 atom stereocenters. The van der Waals surface area contributed by atoms with E-state index in [9.17, 15) is 14.4 Å². The Bertz CT molecular complexity index is 837. The second-order valence-electron chi connectivity index (χ2n) is 5.38. The van der Waals surface area contributed by atoms with Crippen LogP contribution < -0.4 is 10.6 Å². The molecule has 0 radical (unpaired) electrons. The summed E-state index contributed by atoms with van der Waals surface area (Å²) in [4.78, 5) is 37.2. The van der Waals surface area contributed by atoms with Gasteiger partial charge in [0.05, 0.1) is 29.3 Å². The van der Waals surface area contributed by atoms with E-state index >= 15 is 0 Å². The van der Waals surface area contributed by atoms with Crippen molar-refractivity contribution in [3.05, 3.63) is 54.1 Å². The molecular formula is C18H16N2O4S. The minimum atomic E-state index is -0.533. The zero-order valence-corrected chi connectivity index (χ0v) is 14.3. The summed E-state index contributed by atoms with van der Waals surface area (Å²) in [5.41, 5.74) is 1.38. The summed E-state index contributed by atoms with van der Waals surface area (Å²) in [5.74, 6) is -1.09. The van der Waals surface area contributed by atoms with Crippen LogP contribution in [-0.4, -0.2) is 30.1 Å². The van der Waals surface area contributed by atoms with Crippen molar-refractivity contribution < 1.29 is 19.1 Å². The van der Waals surface area contributed by atoms with Gasteiger partial charge in [0.1, 0.15) is 0 Å². The topological polar surface area (TPSA) is 84.5 Å². The van der Waals surface area contributed by atoms with Crippen LogP contribution in [0.1, 0.15) is 16.8 Å². The van der Waals surface area contributed by atoms with Crippen LogP contribution >= 0.6 is 11.8 Å². The molecule has 0 unspecified atom stereocenters. The standard InChI is InChI=1S/C18H16N2O4S/c1-24-18(23)11-6-2-3-7-12(11)19-16(21)10-15-17(22)20-13-8-4-5-9-14(13)25-15/h2-9,15H,10H2,1H3,(H,19,21)(H,20,22)/t15-/m1/s1. The minimum absolute atomic E-state index is 0.000338. The maximum absolute atomic E-state index is 12.3. The maximum atomic E-state index is 12.3. The smallest absolute Gasteiger partial charge is 0.339 e. The largest absolute Gasteiger partial charge is 0.465 e. The van der Waals surface area contributed by atoms with Gasteiger partial charge in [-0.05, 0) is 24.3 Å². The molecule has 0 saturated carbocycles. The number of fused-ring (bicyclic) bond motifs is 1. The number of carbonyl (C=O) groups is 3. The lowest BCUT2D eigenvalue weighted by Crippen LogP contribution is -2.32. The van der Waals surface area contributed by atoms with Gasteiger partial charge in [0, 0.05) is 11.3 Å². The molecule has 25 heavy (non-hydrogen) atoms. The summed E-state index contributed by atoms with van der Waals surface area (Å²) in [7, 11) is 1.28. The van der Waals surface area contributed by atoms with Crippen molar-refractivity contribution >= 4 is 40.9 Å². The van der Waals surface area contributed by atoms with Crippen molar-refractivity contribution in [3.8, 4) is 0 Å². The number of methoxy groups -OCH3 is 1. The summed E-state index contributed by atoms with van der Waals surface area (Å²) >= 11 is 1.35. The fourth-order valence-corrected chi connectivity index (χ4v) is 3.59. The number of ether oxygens (including phenoxy) is 1. The van der Waals surface area contributed by atoms with Crippen molar-refractivity contribution in [2.45, 2.75) is 16.6 Å². The predicted molar refractivity (Wildman–Crippen MR) is 95.7 cm³/mol. The van der Waals surface area contributed by atoms with Crippen LogP contribution in [0.2, 0.25) is 0 Å². The van der Waals surface area contributed by atoms with Crippen LogP contribution in [-0.2, 0) is 14.3 Å². The molecule has 3 rings (SSSR count). The normalized spacial score (nSPS) is 15.7. The van der Waals surface area contributed by atoms with Gasteiger partial charge in [-0.15, -0.1) is 11.8 Å². The molecule has 0 aliphatic carbocycles. The predicted octanol–water partition coefficient (Wildman–Crippen LogP) is 2.91. The maximum Gasteiger partial charge on any atom is 0.339 e. The average Bonchev–Trinajstić information content (AvgIpc) is 2.62. The van der Waals surface area contributed by atoms with Gasteiger partial charge >= 0.3 is 5.97 Å². The Morgan fingerprint density at radius 1 is 1.16 bits per heavy atom. The first-order chi connectivity index (χ1) is 12.1. The van der Waals surface area contributed by atoms with E-state index in [4.69, 9.17) is 4.74 Å². The van der Waals surface area contributed by atoms with Crippen LogP contribution in [0.5, 0.6) is 0 Å². The fourth-order valence-electron chi connectivity index (χ4n) is 2.48. The summed E-state index contributed by atoms with van der Waals surface area (Å²) in [6, 6.07) is 14.0. The van der Waals surface area contributed by atoms with Gasteiger partial charge in [0.2, 0.25) is 11.8 Å². The van der Waals surface area contributed by atoms with E-state index < -0.39 is 11.2 Å². The molecule has 0 spiro atoms. The molecule has 0 aromatic heterocycles. The van der Waals surface area contributed by atoms with Gasteiger partial charge in [0.15, 0.2) is 0 Å². The quantitative estimate of drug-likeness (QED) is 0.823. The van der Waals surface area contributed by atoms with E-state index in [1.54, 1.807) is 24.3 Å². The first kappa shape index (κ1) is 17.0. The number of anilines is 2. The number of amides is 2. The molecule has 0 bridgehead atoms. The Kier molecular flexibility index (Phi) is 5.04. The van der Waals surface area contributed by atoms with Gasteiger partial charge in [-0.3, -0.25) is 9.59 Å². The third-order valence-corrected chi connectivity index (χ3v) is 4.96. The number of nitrogens with one attached hydrogen (secondary N) is 2. The Balaban J connectivity index is 1.70. The highest BCUT2D eigenvalue weighted by Crippen LogP contribution is 2.36. The molecule has 6 nitrogen and oxygen atoms in total. The lowest BCUT2D eigenvalue weighted by molar-refractivity contribution is -0.120. The summed E-state index contributed by atoms with van der Waals surface area (Å²) in [6.07, 6.45) is 0.000338. The van der Waals surface area contributed by atoms with E-state index in [0.717, 1.165) is 10.6 Å². The third-order valence-electron chi connectivity index (χ3n) is 3.68. The van der Waals surface area contributed by atoms with Gasteiger partial charge in [-0.25, -0.2) is 4.79 Å². The number of benzene rings is 2. The van der Waals surface area contributed by atoms with E-state index in [1.165, 1.54) is 18.9 Å². The summed E-state index contributed by atoms with van der Waals surface area (Å²) < 4.78 is 4.71. The van der Waals surface area contributed by atoms with Gasteiger partial charge in [-0.1, -0.05) is 24.3 Å². The van der Waals surface area contributed by atoms with Gasteiger partial charge < -0.3 is 15.4 Å². The minimum Gasteiger partial charge on any atom is -0.465 e. The summed E-state index contributed by atoms with van der Waals surface area (Å²) in [5, 5.41) is 4.96. The van der Waals surface area contributed by atoms with E-state index in [-0.39, 0.29) is 23.8 Å². The molecule has 2 aromatic carbocycles. The molecule has 1 aliphatic heterocycles. The molecule has 2 N–H and O–H groups in total. The molecule has 2 aromatic rings. The number of esters is 1. The SMILES string of the molecule is COC(=O)c1ccccc1NC(=O)C[C@H]1Sc2ccccc2NC1=O. The van der Waals surface area contributed by atoms with Gasteiger partial charge in [0.25, 0.3) is 0 Å². The molecule has 2 amide bonds. The number of para-hydroxylation sites is 2. The zero-order chi connectivity index (χ0) is 17.8. The van der Waals surface area contributed by atoms with Crippen molar-refractivity contribution in [2.24, 2.45) is 0 Å². The molecule has 0 saturated heterocycles. The number of hydrogen-bond donors (Lipinski definition) is 2. The van der Waals surface area contributed by atoms with E-state index in [2.05, 4.69) is 10.6 Å². The van der Waals surface area contributed by atoms with Crippen LogP contribution in [0, 0.1) is 0 Å². The molecule has 128 valence electrons. The van der Waals surface area contributed by atoms with E-state index in [1.807, 2.05) is 24.3 Å². The number of hydrogen-bond acceptors (Lipinski definition) is 5. The number of rotatable bonds is 4. The number of carbonyl (C=O) groups excluding carboxylic acids is 3. The Morgan fingerprint density at radius 2 is 1.88 bits per heavy atom. The highest BCUT2D eigenvalue weighted by molar-refractivity contribution is 8.01. The monoisotopic (exact) mass is 356 g/mol. The van der Waals surface area contributed by atoms with Crippen molar-refractivity contribution in [3.63, 3.8) is 0 Å². The molecule has 7 heteroatoms. The summed E-state index contributed by atoms with van der Waals surface area (Å²) in [6.45, 7) is 0. The van der Waals surface area contributed by atoms with Crippen LogP contribution in [0.25, 0.3) is 0 Å². The van der Waals surface area contributed by atoms with Crippen LogP contribution in [0.4, 0.5) is 11.4 Å². The molecule has 0 fully saturated rings. The first-order valence-electron chi connectivity index (χ1n) is 7.62. The highest BCUT2D eigenvalue weighted by atomic mass is 32.2. The van der Waals surface area contributed by atoms with Crippen molar-refractivity contribution in [1.82, 2.24) is 0 Å². The lowest BCUT2D eigenvalue weighted by atomic mass is 10.1. The first-order valence-corrected chi connectivity index (χ1v) is 8.50. The second-order valence-corrected chi connectivity index (χ2v) is 6.63. The van der Waals surface area contributed by atoms with Crippen LogP contribution in [0.15, 0.2) is 53.4 Å². The average molecular weight is 356 g/mol. The lowest BCUT2D eigenvalue weighted by Gasteiger charge is -2.23. The third kappa shape index (κ3) is 3.83. The van der Waals surface area contributed by atoms with Crippen LogP contribution in [0.3, 0.4) is 0 Å². The molecule has 1 aliphatic rings. The Morgan fingerprint density at radius 3 is 2.68 bits per heavy atom. The highest BCUT2D eigenvalue weighted by Gasteiger charge is 2.29. The fraction of sp³-hybridized carbons (Fsp3) is 0.167. The number of thioether (sulfide) groups is 1. The van der Waals surface area contributed by atoms with Gasteiger partial charge in [-0.2, -0.15) is 0 Å². The Hall–Kier alpha value is -2.80. The molecular weight excluding hydrogens is 340 g/mol. The van der Waals surface area contributed by atoms with Crippen molar-refractivity contribution in [2.75, 3.05) is 17.7 Å².